The van der Waals surface area contributed by atoms with Gasteiger partial charge in [0.05, 0.1) is 15.2 Å². The number of hydrogen-bond donors (Lipinski definition) is 1. The zero-order valence-electron chi connectivity index (χ0n) is 14.8. The van der Waals surface area contributed by atoms with Crippen LogP contribution < -0.4 is 4.72 Å². The molecule has 2 aromatic carbocycles. The second-order valence-electron chi connectivity index (χ2n) is 6.11. The van der Waals surface area contributed by atoms with Gasteiger partial charge in [-0.2, -0.15) is 0 Å². The van der Waals surface area contributed by atoms with Crippen LogP contribution in [0.4, 0.5) is 0 Å². The third-order valence-corrected chi connectivity index (χ3v) is 7.44. The second kappa shape index (κ2) is 8.53. The highest BCUT2D eigenvalue weighted by atomic mass is 35.5. The Hall–Kier alpha value is -1.40. The minimum atomic E-state index is -2.71. The molecule has 26 heavy (non-hydrogen) atoms. The molecule has 1 heterocycles. The summed E-state index contributed by atoms with van der Waals surface area (Å²) in [5.41, 5.74) is 1.89. The van der Waals surface area contributed by atoms with Gasteiger partial charge in [0, 0.05) is 22.7 Å². The summed E-state index contributed by atoms with van der Waals surface area (Å²) >= 11 is 7.53. The number of rotatable bonds is 8. The van der Waals surface area contributed by atoms with Gasteiger partial charge in [-0.3, -0.25) is 8.69 Å². The summed E-state index contributed by atoms with van der Waals surface area (Å²) in [5, 5.41) is 1.93. The summed E-state index contributed by atoms with van der Waals surface area (Å²) in [7, 11) is -2.71. The fraction of sp³-hybridized carbons (Fsp3) is 0.250. The second-order valence-corrected chi connectivity index (χ2v) is 9.40. The Morgan fingerprint density at radius 2 is 1.96 bits per heavy atom. The maximum absolute atomic E-state index is 13.8. The van der Waals surface area contributed by atoms with E-state index in [1.165, 1.54) is 11.9 Å². The fourth-order valence-corrected chi connectivity index (χ4v) is 5.78. The van der Waals surface area contributed by atoms with Crippen molar-refractivity contribution in [2.24, 2.45) is 0 Å². The number of fused-ring (bicyclic) bond motifs is 1. The smallest absolute Gasteiger partial charge is 0.104 e. The van der Waals surface area contributed by atoms with Gasteiger partial charge in [-0.1, -0.05) is 43.7 Å². The molecule has 0 bridgehead atoms. The molecule has 3 nitrogen and oxygen atoms in total. The highest BCUT2D eigenvalue weighted by Gasteiger charge is 2.19. The number of hydrogen-bond acceptors (Lipinski definition) is 3. The Morgan fingerprint density at radius 3 is 2.65 bits per heavy atom. The molecule has 0 fully saturated rings. The predicted octanol–water partition coefficient (Wildman–Crippen LogP) is 5.32. The number of benzene rings is 2. The summed E-state index contributed by atoms with van der Waals surface area (Å²) in [6.45, 7) is 3.06. The number of nitrogens with zero attached hydrogens (tertiary/aromatic N) is 1. The average molecular weight is 407 g/mol. The normalized spacial score (nSPS) is 13.8. The van der Waals surface area contributed by atoms with Gasteiger partial charge in [-0.25, -0.2) is 4.21 Å². The highest BCUT2D eigenvalue weighted by molar-refractivity contribution is 8.01. The third kappa shape index (κ3) is 3.96. The molecular formula is C20H23ClN2OS2. The predicted molar refractivity (Wildman–Crippen MR) is 116 cm³/mol. The van der Waals surface area contributed by atoms with Gasteiger partial charge in [0.2, 0.25) is 0 Å². The number of halogens is 1. The molecule has 1 N–H and O–H groups in total. The van der Waals surface area contributed by atoms with Crippen molar-refractivity contribution in [1.82, 2.24) is 8.69 Å². The molecule has 0 aliphatic heterocycles. The van der Waals surface area contributed by atoms with Crippen LogP contribution in [0.3, 0.4) is 0 Å². The van der Waals surface area contributed by atoms with Crippen molar-refractivity contribution in [3.63, 3.8) is 0 Å². The summed E-state index contributed by atoms with van der Waals surface area (Å²) < 4.78 is 19.0. The van der Waals surface area contributed by atoms with E-state index in [1.807, 2.05) is 52.5 Å². The maximum Gasteiger partial charge on any atom is 0.104 e. The minimum Gasteiger partial charge on any atom is -0.259 e. The number of nitrogens with one attached hydrogen (secondary N) is 1. The lowest BCUT2D eigenvalue weighted by molar-refractivity contribution is 0.673. The van der Waals surface area contributed by atoms with Crippen LogP contribution in [0, 0.1) is 0 Å². The Kier molecular flexibility index (Phi) is 6.35. The zero-order chi connectivity index (χ0) is 18.6. The number of unbranched alkanes of at least 4 members (excludes halogenated alkanes) is 1. The molecule has 0 saturated carbocycles. The van der Waals surface area contributed by atoms with Crippen LogP contribution in [0.15, 0.2) is 64.5 Å². The van der Waals surface area contributed by atoms with Gasteiger partial charge in [0.25, 0.3) is 0 Å². The molecule has 1 atom stereocenters. The standard InChI is InChI=1S/C20H23ClN2OS2/c1-3-4-12-22-25-20-14-17-11-10-16(15-21)13-19(17)23(20)26(2,24)18-8-6-5-7-9-18/h5-11,13-14,22H,2-4,12,15H2,1H3. The van der Waals surface area contributed by atoms with Gasteiger partial charge in [0.15, 0.2) is 0 Å². The molecule has 138 valence electrons. The molecule has 1 unspecified atom stereocenters. The molecule has 3 rings (SSSR count). The topological polar surface area (TPSA) is 34.0 Å². The monoisotopic (exact) mass is 406 g/mol. The Bertz CT molecular complexity index is 982. The lowest BCUT2D eigenvalue weighted by Gasteiger charge is -2.16. The van der Waals surface area contributed by atoms with Crippen LogP contribution in [0.25, 0.3) is 10.9 Å². The van der Waals surface area contributed by atoms with E-state index in [2.05, 4.69) is 23.6 Å². The minimum absolute atomic E-state index is 0.419. The van der Waals surface area contributed by atoms with E-state index in [0.29, 0.717) is 10.8 Å². The number of aromatic nitrogens is 1. The molecule has 0 radical (unpaired) electrons. The van der Waals surface area contributed by atoms with Crippen molar-refractivity contribution in [2.45, 2.75) is 35.6 Å². The molecule has 0 amide bonds. The van der Waals surface area contributed by atoms with Gasteiger partial charge in [0.1, 0.15) is 5.03 Å². The summed E-state index contributed by atoms with van der Waals surface area (Å²) in [6, 6.07) is 17.5. The molecule has 3 aromatic rings. The van der Waals surface area contributed by atoms with Crippen LogP contribution in [-0.2, 0) is 15.6 Å². The molecule has 0 spiro atoms. The quantitative estimate of drug-likeness (QED) is 0.238. The SMILES string of the molecule is C=S(=O)(c1ccccc1)n1c(SNCCCC)cc2ccc(CCl)cc21. The van der Waals surface area contributed by atoms with E-state index in [1.54, 1.807) is 0 Å². The first-order valence-electron chi connectivity index (χ1n) is 8.61. The first kappa shape index (κ1) is 19.4. The molecule has 0 saturated heterocycles. The number of alkyl halides is 1. The van der Waals surface area contributed by atoms with Crippen molar-refractivity contribution in [3.8, 4) is 0 Å². The summed E-state index contributed by atoms with van der Waals surface area (Å²) in [4.78, 5) is 0.712. The van der Waals surface area contributed by atoms with Crippen molar-refractivity contribution >= 4 is 50.0 Å². The first-order chi connectivity index (χ1) is 12.6. The molecule has 0 aliphatic rings. The van der Waals surface area contributed by atoms with Crippen LogP contribution in [0.2, 0.25) is 0 Å². The Labute approximate surface area is 165 Å². The van der Waals surface area contributed by atoms with Crippen LogP contribution in [0.5, 0.6) is 0 Å². The van der Waals surface area contributed by atoms with E-state index in [-0.39, 0.29) is 0 Å². The van der Waals surface area contributed by atoms with E-state index in [4.69, 9.17) is 11.6 Å². The van der Waals surface area contributed by atoms with E-state index >= 15 is 0 Å². The molecule has 1 aromatic heterocycles. The summed E-state index contributed by atoms with van der Waals surface area (Å²) in [6.07, 6.45) is 2.23. The van der Waals surface area contributed by atoms with E-state index in [0.717, 1.165) is 40.9 Å². The summed E-state index contributed by atoms with van der Waals surface area (Å²) in [5.74, 6) is 4.53. The first-order valence-corrected chi connectivity index (χ1v) is 11.6. The third-order valence-electron chi connectivity index (χ3n) is 4.16. The fourth-order valence-electron chi connectivity index (χ4n) is 2.77. The maximum atomic E-state index is 13.8. The average Bonchev–Trinajstić information content (AvgIpc) is 3.04. The van der Waals surface area contributed by atoms with Gasteiger partial charge < -0.3 is 0 Å². The zero-order valence-corrected chi connectivity index (χ0v) is 17.2. The van der Waals surface area contributed by atoms with Crippen LogP contribution in [0.1, 0.15) is 25.3 Å². The lowest BCUT2D eigenvalue weighted by Crippen LogP contribution is -2.15. The van der Waals surface area contributed by atoms with E-state index < -0.39 is 9.71 Å². The Balaban J connectivity index is 2.13. The van der Waals surface area contributed by atoms with Gasteiger partial charge in [-0.05, 0) is 54.1 Å². The molecule has 0 aliphatic carbocycles. The molecular weight excluding hydrogens is 384 g/mol. The van der Waals surface area contributed by atoms with Gasteiger partial charge >= 0.3 is 0 Å². The molecule has 6 heteroatoms. The van der Waals surface area contributed by atoms with Gasteiger partial charge in [-0.15, -0.1) is 11.6 Å². The largest absolute Gasteiger partial charge is 0.259 e. The van der Waals surface area contributed by atoms with Crippen molar-refractivity contribution < 1.29 is 4.21 Å². The highest BCUT2D eigenvalue weighted by Crippen LogP contribution is 2.31. The van der Waals surface area contributed by atoms with Crippen molar-refractivity contribution in [3.05, 3.63) is 60.2 Å². The van der Waals surface area contributed by atoms with Crippen LogP contribution in [-0.4, -0.2) is 20.6 Å². The van der Waals surface area contributed by atoms with Crippen molar-refractivity contribution in [2.75, 3.05) is 6.54 Å². The van der Waals surface area contributed by atoms with E-state index in [9.17, 15) is 4.21 Å². The van der Waals surface area contributed by atoms with Crippen LogP contribution >= 0.6 is 23.5 Å². The Morgan fingerprint density at radius 1 is 1.19 bits per heavy atom. The lowest BCUT2D eigenvalue weighted by atomic mass is 10.2. The van der Waals surface area contributed by atoms with Crippen molar-refractivity contribution in [1.29, 1.82) is 0 Å².